The number of nitrogens with one attached hydrogen (secondary N) is 2. The van der Waals surface area contributed by atoms with Crippen molar-refractivity contribution in [1.82, 2.24) is 0 Å². The summed E-state index contributed by atoms with van der Waals surface area (Å²) in [6.07, 6.45) is 3.24. The molecule has 2 aromatic rings. The Labute approximate surface area is 105 Å². The van der Waals surface area contributed by atoms with E-state index in [-0.39, 0.29) is 18.1 Å². The zero-order valence-electron chi connectivity index (χ0n) is 9.72. The van der Waals surface area contributed by atoms with Gasteiger partial charge in [0.2, 0.25) is 5.91 Å². The van der Waals surface area contributed by atoms with Crippen LogP contribution in [0.15, 0.2) is 54.9 Å². The standard InChI is InChI=1S/C14H12N2O2/c17-13(11-5-2-1-3-6-11)9-14(18)16-12-7-4-8-15-10-12/h1-8,10H,9H2,(H,16,18)/p+1. The maximum atomic E-state index is 11.8. The molecular weight excluding hydrogens is 228 g/mol. The number of aromatic nitrogens is 1. The minimum absolute atomic E-state index is 0.154. The average molecular weight is 241 g/mol. The number of amides is 1. The lowest BCUT2D eigenvalue weighted by molar-refractivity contribution is -0.377. The van der Waals surface area contributed by atoms with Crippen molar-refractivity contribution < 1.29 is 14.6 Å². The Bertz CT molecular complexity index is 538. The van der Waals surface area contributed by atoms with Crippen molar-refractivity contribution in [3.63, 3.8) is 0 Å². The molecule has 4 nitrogen and oxygen atoms in total. The normalized spacial score (nSPS) is 9.78. The van der Waals surface area contributed by atoms with Crippen molar-refractivity contribution in [3.8, 4) is 0 Å². The number of hydrogen-bond acceptors (Lipinski definition) is 2. The fourth-order valence-electron chi connectivity index (χ4n) is 1.55. The monoisotopic (exact) mass is 241 g/mol. The van der Waals surface area contributed by atoms with Gasteiger partial charge < -0.3 is 5.32 Å². The lowest BCUT2D eigenvalue weighted by Gasteiger charge is -2.02. The first kappa shape index (κ1) is 12.0. The van der Waals surface area contributed by atoms with Crippen LogP contribution in [0.2, 0.25) is 0 Å². The molecule has 0 fully saturated rings. The first-order valence-corrected chi connectivity index (χ1v) is 5.60. The summed E-state index contributed by atoms with van der Waals surface area (Å²) >= 11 is 0. The fraction of sp³-hybridized carbons (Fsp3) is 0.0714. The van der Waals surface area contributed by atoms with Gasteiger partial charge in [0.15, 0.2) is 18.2 Å². The summed E-state index contributed by atoms with van der Waals surface area (Å²) in [4.78, 5) is 26.3. The van der Waals surface area contributed by atoms with E-state index in [1.807, 2.05) is 6.07 Å². The Balaban J connectivity index is 1.94. The van der Waals surface area contributed by atoms with E-state index >= 15 is 0 Å². The third kappa shape index (κ3) is 3.25. The van der Waals surface area contributed by atoms with E-state index in [0.29, 0.717) is 11.3 Å². The number of rotatable bonds is 4. The van der Waals surface area contributed by atoms with E-state index in [9.17, 15) is 9.59 Å². The molecule has 1 aromatic heterocycles. The number of pyridine rings is 1. The van der Waals surface area contributed by atoms with Gasteiger partial charge in [-0.15, -0.1) is 0 Å². The van der Waals surface area contributed by atoms with Gasteiger partial charge in [0.05, 0.1) is 6.42 Å². The molecular formula is C14H13N2O2+. The first-order chi connectivity index (χ1) is 8.75. The number of carbonyl (C=O) groups is 2. The molecule has 0 unspecified atom stereocenters. The Morgan fingerprint density at radius 2 is 1.83 bits per heavy atom. The zero-order chi connectivity index (χ0) is 12.8. The molecule has 2 rings (SSSR count). The molecule has 0 aliphatic carbocycles. The quantitative estimate of drug-likeness (QED) is 0.654. The van der Waals surface area contributed by atoms with Crippen molar-refractivity contribution in [2.24, 2.45) is 0 Å². The van der Waals surface area contributed by atoms with Crippen LogP contribution in [0.4, 0.5) is 5.69 Å². The average Bonchev–Trinajstić information content (AvgIpc) is 2.40. The molecule has 1 aromatic carbocycles. The Kier molecular flexibility index (Phi) is 3.81. The number of aromatic amines is 1. The number of hydrogen-bond donors (Lipinski definition) is 1. The number of anilines is 1. The summed E-state index contributed by atoms with van der Waals surface area (Å²) in [6.45, 7) is 0. The van der Waals surface area contributed by atoms with Gasteiger partial charge in [0.1, 0.15) is 5.69 Å². The number of benzene rings is 1. The van der Waals surface area contributed by atoms with Gasteiger partial charge in [-0.3, -0.25) is 9.59 Å². The van der Waals surface area contributed by atoms with Crippen LogP contribution in [-0.4, -0.2) is 11.7 Å². The summed E-state index contributed by atoms with van der Waals surface area (Å²) < 4.78 is 0. The lowest BCUT2D eigenvalue weighted by Crippen LogP contribution is -2.17. The van der Waals surface area contributed by atoms with E-state index in [2.05, 4.69) is 10.3 Å². The summed E-state index contributed by atoms with van der Waals surface area (Å²) in [5.41, 5.74) is 1.19. The van der Waals surface area contributed by atoms with Gasteiger partial charge in [-0.25, -0.2) is 4.98 Å². The molecule has 1 heterocycles. The van der Waals surface area contributed by atoms with Crippen LogP contribution < -0.4 is 10.3 Å². The highest BCUT2D eigenvalue weighted by atomic mass is 16.2. The van der Waals surface area contributed by atoms with Gasteiger partial charge >= 0.3 is 0 Å². The molecule has 90 valence electrons. The van der Waals surface area contributed by atoms with Crippen molar-refractivity contribution in [2.75, 3.05) is 5.32 Å². The molecule has 0 saturated heterocycles. The fourth-order valence-corrected chi connectivity index (χ4v) is 1.55. The minimum Gasteiger partial charge on any atom is -0.321 e. The predicted molar refractivity (Wildman–Crippen MR) is 67.0 cm³/mol. The molecule has 2 N–H and O–H groups in total. The second-order valence-electron chi connectivity index (χ2n) is 3.81. The van der Waals surface area contributed by atoms with Crippen LogP contribution in [0.5, 0.6) is 0 Å². The van der Waals surface area contributed by atoms with Crippen molar-refractivity contribution in [1.29, 1.82) is 0 Å². The van der Waals surface area contributed by atoms with Gasteiger partial charge in [0.25, 0.3) is 0 Å². The number of ketones is 1. The molecule has 0 aliphatic rings. The second-order valence-corrected chi connectivity index (χ2v) is 3.81. The summed E-state index contributed by atoms with van der Waals surface area (Å²) in [5.74, 6) is -0.503. The molecule has 0 radical (unpaired) electrons. The lowest BCUT2D eigenvalue weighted by atomic mass is 10.1. The van der Waals surface area contributed by atoms with Crippen molar-refractivity contribution >= 4 is 17.4 Å². The van der Waals surface area contributed by atoms with E-state index in [0.717, 1.165) is 0 Å². The molecule has 18 heavy (non-hydrogen) atoms. The summed E-state index contributed by atoms with van der Waals surface area (Å²) in [7, 11) is 0. The molecule has 0 aliphatic heterocycles. The van der Waals surface area contributed by atoms with Crippen molar-refractivity contribution in [2.45, 2.75) is 6.42 Å². The Hall–Kier alpha value is -2.49. The zero-order valence-corrected chi connectivity index (χ0v) is 9.72. The maximum absolute atomic E-state index is 11.8. The highest BCUT2D eigenvalue weighted by Gasteiger charge is 2.11. The van der Waals surface area contributed by atoms with Crippen LogP contribution in [0, 0.1) is 0 Å². The minimum atomic E-state index is -0.316. The number of carbonyl (C=O) groups excluding carboxylic acids is 2. The van der Waals surface area contributed by atoms with Crippen LogP contribution in [-0.2, 0) is 4.79 Å². The van der Waals surface area contributed by atoms with E-state index in [1.165, 1.54) is 0 Å². The number of Topliss-reactive ketones (excluding diaryl/α,β-unsaturated/α-hetero) is 1. The van der Waals surface area contributed by atoms with Crippen LogP contribution in [0.3, 0.4) is 0 Å². The van der Waals surface area contributed by atoms with Gasteiger partial charge in [-0.05, 0) is 6.07 Å². The smallest absolute Gasteiger partial charge is 0.232 e. The Morgan fingerprint density at radius 3 is 2.50 bits per heavy atom. The summed E-state index contributed by atoms with van der Waals surface area (Å²) in [6, 6.07) is 12.3. The molecule has 0 bridgehead atoms. The topological polar surface area (TPSA) is 60.3 Å². The molecule has 4 heteroatoms. The van der Waals surface area contributed by atoms with Crippen LogP contribution in [0.25, 0.3) is 0 Å². The third-order valence-corrected chi connectivity index (χ3v) is 2.41. The molecule has 0 atom stereocenters. The summed E-state index contributed by atoms with van der Waals surface area (Å²) in [5, 5.41) is 2.65. The van der Waals surface area contributed by atoms with E-state index in [1.54, 1.807) is 48.8 Å². The highest BCUT2D eigenvalue weighted by molar-refractivity contribution is 6.10. The van der Waals surface area contributed by atoms with Gasteiger partial charge in [-0.1, -0.05) is 30.3 Å². The van der Waals surface area contributed by atoms with E-state index in [4.69, 9.17) is 0 Å². The third-order valence-electron chi connectivity index (χ3n) is 2.41. The van der Waals surface area contributed by atoms with Gasteiger partial charge in [-0.2, -0.15) is 0 Å². The van der Waals surface area contributed by atoms with Gasteiger partial charge in [0, 0.05) is 11.6 Å². The molecule has 0 spiro atoms. The highest BCUT2D eigenvalue weighted by Crippen LogP contribution is 2.06. The van der Waals surface area contributed by atoms with Crippen molar-refractivity contribution in [3.05, 3.63) is 60.4 Å². The second kappa shape index (κ2) is 5.72. The number of H-pyrrole nitrogens is 1. The SMILES string of the molecule is O=C(CC(=O)c1ccccc1)Nc1ccc[nH+]c1. The van der Waals surface area contributed by atoms with Crippen LogP contribution >= 0.6 is 0 Å². The largest absolute Gasteiger partial charge is 0.321 e. The van der Waals surface area contributed by atoms with Crippen LogP contribution in [0.1, 0.15) is 16.8 Å². The molecule has 1 amide bonds. The first-order valence-electron chi connectivity index (χ1n) is 5.60. The Morgan fingerprint density at radius 1 is 1.06 bits per heavy atom. The molecule has 0 saturated carbocycles. The predicted octanol–water partition coefficient (Wildman–Crippen LogP) is 1.71. The maximum Gasteiger partial charge on any atom is 0.232 e. The van der Waals surface area contributed by atoms with E-state index < -0.39 is 0 Å².